The molecule has 0 aliphatic carbocycles. The fraction of sp³-hybridized carbons (Fsp3) is 0.154. The summed E-state index contributed by atoms with van der Waals surface area (Å²) in [4.78, 5) is 3.96. The van der Waals surface area contributed by atoms with Gasteiger partial charge in [0, 0.05) is 11.8 Å². The molecule has 1 aromatic heterocycles. The molecular formula is C13H13NO2. The molecule has 0 atom stereocenters. The summed E-state index contributed by atoms with van der Waals surface area (Å²) in [6.45, 7) is 2.00. The van der Waals surface area contributed by atoms with Gasteiger partial charge in [0.1, 0.15) is 11.5 Å². The molecule has 0 unspecified atom stereocenters. The second kappa shape index (κ2) is 4.23. The van der Waals surface area contributed by atoms with Gasteiger partial charge < -0.3 is 9.84 Å². The minimum atomic E-state index is 0.174. The summed E-state index contributed by atoms with van der Waals surface area (Å²) >= 11 is 0. The van der Waals surface area contributed by atoms with Crippen LogP contribution in [-0.4, -0.2) is 17.2 Å². The topological polar surface area (TPSA) is 42.4 Å². The van der Waals surface area contributed by atoms with E-state index in [1.165, 1.54) is 6.20 Å². The molecule has 0 saturated carbocycles. The Morgan fingerprint density at radius 1 is 1.19 bits per heavy atom. The number of ether oxygens (including phenoxy) is 1. The highest BCUT2D eigenvalue weighted by atomic mass is 16.5. The summed E-state index contributed by atoms with van der Waals surface area (Å²) < 4.78 is 5.14. The van der Waals surface area contributed by atoms with Crippen molar-refractivity contribution in [3.05, 3.63) is 42.2 Å². The van der Waals surface area contributed by atoms with Crippen molar-refractivity contribution < 1.29 is 9.84 Å². The van der Waals surface area contributed by atoms with E-state index in [0.29, 0.717) is 0 Å². The molecule has 1 heterocycles. The lowest BCUT2D eigenvalue weighted by Gasteiger charge is -2.08. The number of rotatable bonds is 2. The number of aryl methyl sites for hydroxylation is 1. The fourth-order valence-electron chi connectivity index (χ4n) is 1.66. The quantitative estimate of drug-likeness (QED) is 0.837. The van der Waals surface area contributed by atoms with E-state index in [2.05, 4.69) is 4.98 Å². The molecule has 0 spiro atoms. The molecule has 0 aliphatic heterocycles. The number of aromatic hydroxyl groups is 1. The van der Waals surface area contributed by atoms with Crippen molar-refractivity contribution in [2.75, 3.05) is 7.11 Å². The maximum Gasteiger partial charge on any atom is 0.134 e. The first-order valence-corrected chi connectivity index (χ1v) is 5.00. The zero-order chi connectivity index (χ0) is 11.5. The number of methoxy groups -OCH3 is 1. The summed E-state index contributed by atoms with van der Waals surface area (Å²) in [5, 5.41) is 9.38. The minimum Gasteiger partial charge on any atom is -0.506 e. The van der Waals surface area contributed by atoms with E-state index < -0.39 is 0 Å². The summed E-state index contributed by atoms with van der Waals surface area (Å²) in [6, 6.07) is 7.51. The molecular weight excluding hydrogens is 202 g/mol. The van der Waals surface area contributed by atoms with E-state index in [4.69, 9.17) is 4.74 Å². The van der Waals surface area contributed by atoms with E-state index in [1.807, 2.05) is 25.1 Å². The third-order valence-corrected chi connectivity index (χ3v) is 2.47. The Bertz CT molecular complexity index is 509. The first-order valence-electron chi connectivity index (χ1n) is 5.00. The van der Waals surface area contributed by atoms with Crippen LogP contribution in [-0.2, 0) is 0 Å². The van der Waals surface area contributed by atoms with Crippen molar-refractivity contribution in [3.8, 4) is 22.6 Å². The minimum absolute atomic E-state index is 0.174. The Morgan fingerprint density at radius 3 is 2.62 bits per heavy atom. The van der Waals surface area contributed by atoms with Gasteiger partial charge in [0.15, 0.2) is 0 Å². The van der Waals surface area contributed by atoms with Gasteiger partial charge in [-0.25, -0.2) is 0 Å². The van der Waals surface area contributed by atoms with Crippen LogP contribution < -0.4 is 4.74 Å². The van der Waals surface area contributed by atoms with Gasteiger partial charge in [0.2, 0.25) is 0 Å². The number of hydrogen-bond donors (Lipinski definition) is 1. The number of pyridine rings is 1. The van der Waals surface area contributed by atoms with Crippen molar-refractivity contribution in [2.45, 2.75) is 6.92 Å². The van der Waals surface area contributed by atoms with Gasteiger partial charge >= 0.3 is 0 Å². The number of aromatic nitrogens is 1. The van der Waals surface area contributed by atoms with E-state index in [-0.39, 0.29) is 5.75 Å². The highest BCUT2D eigenvalue weighted by Crippen LogP contribution is 2.27. The standard InChI is InChI=1S/C13H13NO2/c1-9-5-12(16-2)3-4-13(9)10-6-11(15)8-14-7-10/h3-8,15H,1-2H3. The average molecular weight is 215 g/mol. The van der Waals surface area contributed by atoms with Crippen LogP contribution >= 0.6 is 0 Å². The second-order valence-corrected chi connectivity index (χ2v) is 3.61. The van der Waals surface area contributed by atoms with Crippen molar-refractivity contribution in [2.24, 2.45) is 0 Å². The molecule has 0 saturated heterocycles. The molecule has 0 aliphatic rings. The second-order valence-electron chi connectivity index (χ2n) is 3.61. The number of hydrogen-bond acceptors (Lipinski definition) is 3. The first-order chi connectivity index (χ1) is 7.70. The van der Waals surface area contributed by atoms with Gasteiger partial charge in [-0.15, -0.1) is 0 Å². The summed E-state index contributed by atoms with van der Waals surface area (Å²) in [6.07, 6.45) is 3.15. The van der Waals surface area contributed by atoms with Crippen LogP contribution in [0.15, 0.2) is 36.7 Å². The van der Waals surface area contributed by atoms with Crippen LogP contribution in [0.5, 0.6) is 11.5 Å². The zero-order valence-electron chi connectivity index (χ0n) is 9.27. The predicted molar refractivity (Wildman–Crippen MR) is 62.6 cm³/mol. The van der Waals surface area contributed by atoms with E-state index >= 15 is 0 Å². The van der Waals surface area contributed by atoms with Crippen LogP contribution in [0.2, 0.25) is 0 Å². The van der Waals surface area contributed by atoms with Crippen LogP contribution in [0, 0.1) is 6.92 Å². The van der Waals surface area contributed by atoms with Crippen LogP contribution in [0.3, 0.4) is 0 Å². The first kappa shape index (κ1) is 10.5. The summed E-state index contributed by atoms with van der Waals surface area (Å²) in [5.74, 6) is 1.00. The van der Waals surface area contributed by atoms with Crippen molar-refractivity contribution in [1.82, 2.24) is 4.98 Å². The lowest BCUT2D eigenvalue weighted by molar-refractivity contribution is 0.414. The van der Waals surface area contributed by atoms with Crippen LogP contribution in [0.1, 0.15) is 5.56 Å². The highest BCUT2D eigenvalue weighted by Gasteiger charge is 2.04. The molecule has 3 nitrogen and oxygen atoms in total. The average Bonchev–Trinajstić information content (AvgIpc) is 2.28. The molecule has 0 amide bonds. The monoisotopic (exact) mass is 215 g/mol. The number of benzene rings is 1. The van der Waals surface area contributed by atoms with Crippen molar-refractivity contribution in [3.63, 3.8) is 0 Å². The molecule has 0 fully saturated rings. The third-order valence-electron chi connectivity index (χ3n) is 2.47. The molecule has 16 heavy (non-hydrogen) atoms. The van der Waals surface area contributed by atoms with E-state index in [1.54, 1.807) is 19.4 Å². The Balaban J connectivity index is 2.48. The Morgan fingerprint density at radius 2 is 2.00 bits per heavy atom. The largest absolute Gasteiger partial charge is 0.506 e. The van der Waals surface area contributed by atoms with Gasteiger partial charge in [0.25, 0.3) is 0 Å². The normalized spacial score (nSPS) is 10.1. The Hall–Kier alpha value is -2.03. The fourth-order valence-corrected chi connectivity index (χ4v) is 1.66. The predicted octanol–water partition coefficient (Wildman–Crippen LogP) is 2.77. The van der Waals surface area contributed by atoms with Crippen molar-refractivity contribution in [1.29, 1.82) is 0 Å². The van der Waals surface area contributed by atoms with Gasteiger partial charge in [-0.05, 0) is 36.2 Å². The summed E-state index contributed by atoms with van der Waals surface area (Å²) in [5.41, 5.74) is 3.04. The maximum absolute atomic E-state index is 9.38. The molecule has 0 radical (unpaired) electrons. The van der Waals surface area contributed by atoms with Crippen LogP contribution in [0.25, 0.3) is 11.1 Å². The smallest absolute Gasteiger partial charge is 0.134 e. The van der Waals surface area contributed by atoms with E-state index in [9.17, 15) is 5.11 Å². The van der Waals surface area contributed by atoms with Crippen LogP contribution in [0.4, 0.5) is 0 Å². The molecule has 1 N–H and O–H groups in total. The maximum atomic E-state index is 9.38. The molecule has 2 aromatic rings. The summed E-state index contributed by atoms with van der Waals surface area (Å²) in [7, 11) is 1.64. The zero-order valence-corrected chi connectivity index (χ0v) is 9.27. The molecule has 0 bridgehead atoms. The SMILES string of the molecule is COc1ccc(-c2cncc(O)c2)c(C)c1. The van der Waals surface area contributed by atoms with Crippen molar-refractivity contribution >= 4 is 0 Å². The Labute approximate surface area is 94.3 Å². The third kappa shape index (κ3) is 1.98. The van der Waals surface area contributed by atoms with Gasteiger partial charge in [-0.1, -0.05) is 6.07 Å². The number of nitrogens with zero attached hydrogens (tertiary/aromatic N) is 1. The molecule has 82 valence electrons. The Kier molecular flexibility index (Phi) is 2.77. The van der Waals surface area contributed by atoms with Gasteiger partial charge in [-0.3, -0.25) is 4.98 Å². The lowest BCUT2D eigenvalue weighted by Crippen LogP contribution is -1.87. The molecule has 3 heteroatoms. The molecule has 2 rings (SSSR count). The van der Waals surface area contributed by atoms with Gasteiger partial charge in [-0.2, -0.15) is 0 Å². The highest BCUT2D eigenvalue weighted by molar-refractivity contribution is 5.68. The lowest BCUT2D eigenvalue weighted by atomic mass is 10.0. The van der Waals surface area contributed by atoms with Gasteiger partial charge in [0.05, 0.1) is 13.3 Å². The molecule has 1 aromatic carbocycles. The van der Waals surface area contributed by atoms with E-state index in [0.717, 1.165) is 22.4 Å².